The molecule has 0 aromatic heterocycles. The van der Waals surface area contributed by atoms with Gasteiger partial charge in [0.2, 0.25) is 0 Å². The van der Waals surface area contributed by atoms with Gasteiger partial charge in [0.1, 0.15) is 0 Å². The normalized spacial score (nSPS) is 19.5. The third-order valence-electron chi connectivity index (χ3n) is 3.09. The van der Waals surface area contributed by atoms with Crippen LogP contribution in [0.5, 0.6) is 0 Å². The van der Waals surface area contributed by atoms with E-state index in [1.807, 2.05) is 26.0 Å². The van der Waals surface area contributed by atoms with Crippen molar-refractivity contribution in [3.63, 3.8) is 0 Å². The summed E-state index contributed by atoms with van der Waals surface area (Å²) in [6.45, 7) is 20.8. The number of nitrogens with zero attached hydrogens (tertiary/aromatic N) is 2. The standard InChI is InChI=1S/C12H18N2.C3H8.C2H6/c1-4-5-6-11(2)14-9-12(10-14)7-13(3)8-12;1-3-2;1-2/h4-6H,1-2,7-10H2,3H3;3H2,1-2H3;1-2H3/b6-5-;;. The molecule has 2 rings (SSSR count). The van der Waals surface area contributed by atoms with Gasteiger partial charge in [0.05, 0.1) is 0 Å². The van der Waals surface area contributed by atoms with E-state index in [4.69, 9.17) is 0 Å². The van der Waals surface area contributed by atoms with Crippen molar-refractivity contribution in [2.24, 2.45) is 5.41 Å². The van der Waals surface area contributed by atoms with Gasteiger partial charge in [-0.3, -0.25) is 0 Å². The largest absolute Gasteiger partial charge is 0.371 e. The van der Waals surface area contributed by atoms with Crippen LogP contribution < -0.4 is 0 Å². The highest BCUT2D eigenvalue weighted by molar-refractivity contribution is 5.22. The van der Waals surface area contributed by atoms with Crippen LogP contribution >= 0.6 is 0 Å². The fourth-order valence-electron chi connectivity index (χ4n) is 2.55. The van der Waals surface area contributed by atoms with Crippen LogP contribution in [-0.4, -0.2) is 43.0 Å². The van der Waals surface area contributed by atoms with Gasteiger partial charge in [-0.25, -0.2) is 0 Å². The number of allylic oxidation sites excluding steroid dienone is 3. The third-order valence-corrected chi connectivity index (χ3v) is 3.09. The first kappa shape index (κ1) is 18.0. The molecule has 1 spiro atoms. The summed E-state index contributed by atoms with van der Waals surface area (Å²) in [5.74, 6) is 0. The lowest BCUT2D eigenvalue weighted by Crippen LogP contribution is -2.70. The van der Waals surface area contributed by atoms with Gasteiger partial charge >= 0.3 is 0 Å². The van der Waals surface area contributed by atoms with Gasteiger partial charge in [-0.15, -0.1) is 0 Å². The Morgan fingerprint density at radius 3 is 2.00 bits per heavy atom. The first-order valence-corrected chi connectivity index (χ1v) is 7.48. The van der Waals surface area contributed by atoms with Crippen molar-refractivity contribution in [3.8, 4) is 0 Å². The van der Waals surface area contributed by atoms with Crippen molar-refractivity contribution in [3.05, 3.63) is 37.1 Å². The molecule has 0 aromatic rings. The lowest BCUT2D eigenvalue weighted by Gasteiger charge is -2.60. The average Bonchev–Trinajstić information content (AvgIpc) is 2.32. The number of hydrogen-bond donors (Lipinski definition) is 0. The number of likely N-dealkylation sites (tertiary alicyclic amines) is 2. The Bertz CT molecular complexity index is 290. The van der Waals surface area contributed by atoms with E-state index in [0.717, 1.165) is 5.70 Å². The Balaban J connectivity index is 0.000000573. The summed E-state index contributed by atoms with van der Waals surface area (Å²) in [7, 11) is 2.18. The molecule has 0 N–H and O–H groups in total. The first-order chi connectivity index (χ1) is 9.06. The minimum atomic E-state index is 0.597. The molecular formula is C17H32N2. The van der Waals surface area contributed by atoms with Crippen molar-refractivity contribution >= 4 is 0 Å². The molecule has 0 unspecified atom stereocenters. The fourth-order valence-corrected chi connectivity index (χ4v) is 2.55. The molecular weight excluding hydrogens is 232 g/mol. The van der Waals surface area contributed by atoms with E-state index in [-0.39, 0.29) is 0 Å². The van der Waals surface area contributed by atoms with E-state index in [0.29, 0.717) is 5.41 Å². The SMILES string of the molecule is C=C/C=C\C(=C)N1CC2(CN(C)C2)C1.CC.CCC. The molecule has 0 atom stereocenters. The molecule has 2 heterocycles. The fraction of sp³-hybridized carbons (Fsp3) is 0.647. The van der Waals surface area contributed by atoms with E-state index < -0.39 is 0 Å². The number of rotatable bonds is 3. The van der Waals surface area contributed by atoms with Crippen LogP contribution in [0.3, 0.4) is 0 Å². The Morgan fingerprint density at radius 2 is 1.63 bits per heavy atom. The Hall–Kier alpha value is -1.02. The van der Waals surface area contributed by atoms with Gasteiger partial charge < -0.3 is 9.80 Å². The van der Waals surface area contributed by atoms with Gasteiger partial charge in [0.15, 0.2) is 0 Å². The molecule has 2 aliphatic heterocycles. The maximum absolute atomic E-state index is 4.03. The van der Waals surface area contributed by atoms with Crippen molar-refractivity contribution in [1.82, 2.24) is 9.80 Å². The van der Waals surface area contributed by atoms with Crippen LogP contribution in [0.15, 0.2) is 37.1 Å². The predicted molar refractivity (Wildman–Crippen MR) is 87.3 cm³/mol. The predicted octanol–water partition coefficient (Wildman–Crippen LogP) is 3.93. The second-order valence-corrected chi connectivity index (χ2v) is 5.32. The summed E-state index contributed by atoms with van der Waals surface area (Å²) < 4.78 is 0. The second-order valence-electron chi connectivity index (χ2n) is 5.32. The summed E-state index contributed by atoms with van der Waals surface area (Å²) in [4.78, 5) is 4.71. The third kappa shape index (κ3) is 5.23. The molecule has 110 valence electrons. The molecule has 2 nitrogen and oxygen atoms in total. The number of hydrogen-bond acceptors (Lipinski definition) is 2. The van der Waals surface area contributed by atoms with Crippen LogP contribution in [0.1, 0.15) is 34.1 Å². The molecule has 0 aromatic carbocycles. The van der Waals surface area contributed by atoms with Gasteiger partial charge in [-0.1, -0.05) is 59.4 Å². The maximum atomic E-state index is 4.03. The zero-order chi connectivity index (χ0) is 14.9. The summed E-state index contributed by atoms with van der Waals surface area (Å²) >= 11 is 0. The molecule has 2 fully saturated rings. The minimum absolute atomic E-state index is 0.597. The molecule has 0 saturated carbocycles. The average molecular weight is 264 g/mol. The van der Waals surface area contributed by atoms with Crippen molar-refractivity contribution in [2.45, 2.75) is 34.1 Å². The van der Waals surface area contributed by atoms with Crippen LogP contribution in [0.4, 0.5) is 0 Å². The lowest BCUT2D eigenvalue weighted by molar-refractivity contribution is -0.0869. The Labute approximate surface area is 120 Å². The van der Waals surface area contributed by atoms with Crippen LogP contribution in [0.25, 0.3) is 0 Å². The Kier molecular flexibility index (Phi) is 8.49. The zero-order valence-electron chi connectivity index (χ0n) is 13.6. The van der Waals surface area contributed by atoms with Gasteiger partial charge in [-0.2, -0.15) is 0 Å². The van der Waals surface area contributed by atoms with Crippen LogP contribution in [0.2, 0.25) is 0 Å². The van der Waals surface area contributed by atoms with Crippen molar-refractivity contribution in [1.29, 1.82) is 0 Å². The maximum Gasteiger partial charge on any atom is 0.0307 e. The van der Waals surface area contributed by atoms with E-state index in [9.17, 15) is 0 Å². The molecule has 2 heteroatoms. The highest BCUT2D eigenvalue weighted by Crippen LogP contribution is 2.40. The summed E-state index contributed by atoms with van der Waals surface area (Å²) in [5, 5.41) is 0. The van der Waals surface area contributed by atoms with Gasteiger partial charge in [-0.05, 0) is 13.1 Å². The topological polar surface area (TPSA) is 6.48 Å². The highest BCUT2D eigenvalue weighted by Gasteiger charge is 2.50. The Morgan fingerprint density at radius 1 is 1.16 bits per heavy atom. The molecule has 0 bridgehead atoms. The molecule has 19 heavy (non-hydrogen) atoms. The lowest BCUT2D eigenvalue weighted by atomic mass is 9.73. The molecule has 2 saturated heterocycles. The van der Waals surface area contributed by atoms with E-state index in [2.05, 4.69) is 43.9 Å². The van der Waals surface area contributed by atoms with Gasteiger partial charge in [0, 0.05) is 37.3 Å². The molecule has 0 aliphatic carbocycles. The van der Waals surface area contributed by atoms with Crippen LogP contribution in [0, 0.1) is 5.41 Å². The second kappa shape index (κ2) is 8.98. The zero-order valence-corrected chi connectivity index (χ0v) is 13.6. The van der Waals surface area contributed by atoms with Crippen LogP contribution in [-0.2, 0) is 0 Å². The summed E-state index contributed by atoms with van der Waals surface area (Å²) in [6.07, 6.45) is 7.01. The minimum Gasteiger partial charge on any atom is -0.371 e. The smallest absolute Gasteiger partial charge is 0.0307 e. The first-order valence-electron chi connectivity index (χ1n) is 7.48. The van der Waals surface area contributed by atoms with E-state index in [1.165, 1.54) is 32.6 Å². The molecule has 0 amide bonds. The molecule has 0 radical (unpaired) electrons. The van der Waals surface area contributed by atoms with Crippen molar-refractivity contribution < 1.29 is 0 Å². The van der Waals surface area contributed by atoms with E-state index >= 15 is 0 Å². The quantitative estimate of drug-likeness (QED) is 0.713. The monoisotopic (exact) mass is 264 g/mol. The van der Waals surface area contributed by atoms with Gasteiger partial charge in [0.25, 0.3) is 0 Å². The highest BCUT2D eigenvalue weighted by atomic mass is 15.3. The summed E-state index contributed by atoms with van der Waals surface area (Å²) in [5.41, 5.74) is 1.71. The van der Waals surface area contributed by atoms with E-state index in [1.54, 1.807) is 6.08 Å². The summed E-state index contributed by atoms with van der Waals surface area (Å²) in [6, 6.07) is 0. The van der Waals surface area contributed by atoms with Crippen molar-refractivity contribution in [2.75, 3.05) is 33.2 Å². The molecule has 2 aliphatic rings.